The molecule has 0 atom stereocenters. The molecule has 0 aromatic heterocycles. The number of benzene rings is 1. The zero-order valence-electron chi connectivity index (χ0n) is 15.6. The summed E-state index contributed by atoms with van der Waals surface area (Å²) < 4.78 is 5.83. The van der Waals surface area contributed by atoms with Crippen LogP contribution in [0.5, 0.6) is 5.75 Å². The van der Waals surface area contributed by atoms with Crippen molar-refractivity contribution in [1.29, 1.82) is 0 Å². The van der Waals surface area contributed by atoms with Crippen LogP contribution >= 0.6 is 0 Å². The molecule has 26 heavy (non-hydrogen) atoms. The minimum Gasteiger partial charge on any atom is -0.491 e. The van der Waals surface area contributed by atoms with Gasteiger partial charge in [-0.05, 0) is 50.9 Å². The molecule has 1 aromatic rings. The smallest absolute Gasteiger partial charge is 0.255 e. The second-order valence-electron chi connectivity index (χ2n) is 7.31. The fraction of sp³-hybridized carbons (Fsp3) is 0.600. The molecule has 1 saturated heterocycles. The SMILES string of the molecule is CN1CCOc2ccccc2C(=O)NCCCCC2(CCNCC2)C1=O. The molecule has 6 heteroatoms. The molecule has 2 aliphatic heterocycles. The first-order valence-electron chi connectivity index (χ1n) is 9.59. The second-order valence-corrected chi connectivity index (χ2v) is 7.31. The molecule has 142 valence electrons. The molecule has 3 rings (SSSR count). The lowest BCUT2D eigenvalue weighted by atomic mass is 9.73. The highest BCUT2D eigenvalue weighted by atomic mass is 16.5. The van der Waals surface area contributed by atoms with Crippen LogP contribution in [0.3, 0.4) is 0 Å². The van der Waals surface area contributed by atoms with Gasteiger partial charge in [0.2, 0.25) is 5.91 Å². The van der Waals surface area contributed by atoms with E-state index in [1.165, 1.54) is 0 Å². The zero-order chi connectivity index (χ0) is 18.4. The van der Waals surface area contributed by atoms with E-state index in [2.05, 4.69) is 10.6 Å². The molecule has 2 heterocycles. The fourth-order valence-corrected chi connectivity index (χ4v) is 3.94. The van der Waals surface area contributed by atoms with E-state index in [9.17, 15) is 9.59 Å². The predicted octanol–water partition coefficient (Wildman–Crippen LogP) is 1.81. The maximum atomic E-state index is 13.2. The summed E-state index contributed by atoms with van der Waals surface area (Å²) in [5.41, 5.74) is 0.278. The monoisotopic (exact) mass is 359 g/mol. The molecular formula is C20H29N3O3. The highest BCUT2D eigenvalue weighted by Crippen LogP contribution is 2.36. The number of amides is 2. The Balaban J connectivity index is 1.76. The number of piperidine rings is 1. The van der Waals surface area contributed by atoms with Gasteiger partial charge in [-0.3, -0.25) is 9.59 Å². The molecule has 6 nitrogen and oxygen atoms in total. The Kier molecular flexibility index (Phi) is 6.14. The molecule has 1 spiro atoms. The van der Waals surface area contributed by atoms with Crippen LogP contribution in [0.1, 0.15) is 42.5 Å². The number of carbonyl (C=O) groups excluding carboxylic acids is 2. The minimum absolute atomic E-state index is 0.0985. The van der Waals surface area contributed by atoms with E-state index in [1.807, 2.05) is 19.2 Å². The van der Waals surface area contributed by atoms with Gasteiger partial charge in [-0.25, -0.2) is 0 Å². The van der Waals surface area contributed by atoms with Crippen LogP contribution in [0.15, 0.2) is 24.3 Å². The first-order valence-corrected chi connectivity index (χ1v) is 9.59. The molecule has 2 amide bonds. The van der Waals surface area contributed by atoms with Crippen LogP contribution in [-0.4, -0.2) is 56.5 Å². The van der Waals surface area contributed by atoms with Crippen molar-refractivity contribution in [1.82, 2.24) is 15.5 Å². The van der Waals surface area contributed by atoms with Crippen LogP contribution < -0.4 is 15.4 Å². The van der Waals surface area contributed by atoms with Gasteiger partial charge in [-0.1, -0.05) is 18.6 Å². The minimum atomic E-state index is -0.272. The number of carbonyl (C=O) groups is 2. The summed E-state index contributed by atoms with van der Waals surface area (Å²) in [4.78, 5) is 27.4. The molecule has 0 saturated carbocycles. The predicted molar refractivity (Wildman–Crippen MR) is 100 cm³/mol. The lowest BCUT2D eigenvalue weighted by Crippen LogP contribution is -2.49. The summed E-state index contributed by atoms with van der Waals surface area (Å²) in [7, 11) is 1.86. The summed E-state index contributed by atoms with van der Waals surface area (Å²) in [6.45, 7) is 3.29. The van der Waals surface area contributed by atoms with Crippen molar-refractivity contribution in [3.05, 3.63) is 29.8 Å². The largest absolute Gasteiger partial charge is 0.491 e. The van der Waals surface area contributed by atoms with Crippen LogP contribution in [0.4, 0.5) is 0 Å². The normalized spacial score (nSPS) is 22.1. The van der Waals surface area contributed by atoms with Crippen molar-refractivity contribution in [2.75, 3.05) is 39.8 Å². The molecule has 0 aliphatic carbocycles. The summed E-state index contributed by atoms with van der Waals surface area (Å²) in [5, 5.41) is 6.34. The summed E-state index contributed by atoms with van der Waals surface area (Å²) in [5.74, 6) is 0.704. The number of nitrogens with one attached hydrogen (secondary N) is 2. The molecule has 0 bridgehead atoms. The third kappa shape index (κ3) is 4.18. The summed E-state index contributed by atoms with van der Waals surface area (Å²) in [6, 6.07) is 7.27. The Bertz CT molecular complexity index is 641. The van der Waals surface area contributed by atoms with Crippen LogP contribution in [0.25, 0.3) is 0 Å². The van der Waals surface area contributed by atoms with Gasteiger partial charge in [0, 0.05) is 13.6 Å². The van der Waals surface area contributed by atoms with Crippen molar-refractivity contribution in [2.45, 2.75) is 32.1 Å². The zero-order valence-corrected chi connectivity index (χ0v) is 15.6. The van der Waals surface area contributed by atoms with Gasteiger partial charge in [0.15, 0.2) is 0 Å². The standard InChI is InChI=1S/C20H29N3O3/c1-23-14-15-26-17-7-3-2-6-16(17)18(24)22-11-5-4-8-20(19(23)25)9-12-21-13-10-20/h2-3,6-7,21H,4-5,8-15H2,1H3,(H,22,24). The van der Waals surface area contributed by atoms with Gasteiger partial charge in [0.05, 0.1) is 17.5 Å². The molecule has 1 aromatic carbocycles. The average molecular weight is 359 g/mol. The first kappa shape index (κ1) is 18.7. The maximum Gasteiger partial charge on any atom is 0.255 e. The molecule has 0 unspecified atom stereocenters. The van der Waals surface area contributed by atoms with Gasteiger partial charge in [0.25, 0.3) is 5.91 Å². The lowest BCUT2D eigenvalue weighted by Gasteiger charge is -2.39. The van der Waals surface area contributed by atoms with E-state index in [1.54, 1.807) is 17.0 Å². The van der Waals surface area contributed by atoms with E-state index < -0.39 is 0 Å². The number of likely N-dealkylation sites (N-methyl/N-ethyl adjacent to an activating group) is 1. The Hall–Kier alpha value is -2.08. The van der Waals surface area contributed by atoms with Crippen molar-refractivity contribution in [3.8, 4) is 5.75 Å². The van der Waals surface area contributed by atoms with Crippen molar-refractivity contribution < 1.29 is 14.3 Å². The van der Waals surface area contributed by atoms with Gasteiger partial charge in [0.1, 0.15) is 12.4 Å². The first-order chi connectivity index (χ1) is 12.6. The fourth-order valence-electron chi connectivity index (χ4n) is 3.94. The number of ether oxygens (including phenoxy) is 1. The van der Waals surface area contributed by atoms with Crippen molar-refractivity contribution in [3.63, 3.8) is 0 Å². The molecule has 0 radical (unpaired) electrons. The number of fused-ring (bicyclic) bond motifs is 1. The number of hydrogen-bond donors (Lipinski definition) is 2. The van der Waals surface area contributed by atoms with Gasteiger partial charge in [-0.2, -0.15) is 0 Å². The van der Waals surface area contributed by atoms with E-state index in [0.717, 1.165) is 45.2 Å². The van der Waals surface area contributed by atoms with Gasteiger partial charge < -0.3 is 20.3 Å². The Labute approximate surface area is 155 Å². The summed E-state index contributed by atoms with van der Waals surface area (Å²) >= 11 is 0. The molecule has 2 N–H and O–H groups in total. The van der Waals surface area contributed by atoms with E-state index in [-0.39, 0.29) is 17.2 Å². The second kappa shape index (κ2) is 8.54. The number of hydrogen-bond acceptors (Lipinski definition) is 4. The van der Waals surface area contributed by atoms with E-state index >= 15 is 0 Å². The Morgan fingerprint density at radius 3 is 2.62 bits per heavy atom. The Morgan fingerprint density at radius 1 is 1.04 bits per heavy atom. The number of para-hydroxylation sites is 1. The van der Waals surface area contributed by atoms with Crippen molar-refractivity contribution >= 4 is 11.8 Å². The van der Waals surface area contributed by atoms with Crippen LogP contribution in [0.2, 0.25) is 0 Å². The Morgan fingerprint density at radius 2 is 1.81 bits per heavy atom. The van der Waals surface area contributed by atoms with Gasteiger partial charge >= 0.3 is 0 Å². The van der Waals surface area contributed by atoms with E-state index in [4.69, 9.17) is 4.74 Å². The maximum absolute atomic E-state index is 13.2. The van der Waals surface area contributed by atoms with Gasteiger partial charge in [-0.15, -0.1) is 0 Å². The quantitative estimate of drug-likeness (QED) is 0.741. The third-order valence-corrected chi connectivity index (χ3v) is 5.54. The topological polar surface area (TPSA) is 70.7 Å². The number of nitrogens with zero attached hydrogens (tertiary/aromatic N) is 1. The number of rotatable bonds is 0. The summed E-state index contributed by atoms with van der Waals surface area (Å²) in [6.07, 6.45) is 4.46. The molecule has 1 fully saturated rings. The third-order valence-electron chi connectivity index (χ3n) is 5.54. The van der Waals surface area contributed by atoms with Crippen LogP contribution in [0, 0.1) is 5.41 Å². The average Bonchev–Trinajstić information content (AvgIpc) is 2.67. The van der Waals surface area contributed by atoms with Crippen LogP contribution in [-0.2, 0) is 4.79 Å². The lowest BCUT2D eigenvalue weighted by molar-refractivity contribution is -0.143. The van der Waals surface area contributed by atoms with E-state index in [0.29, 0.717) is 31.0 Å². The molecular weight excluding hydrogens is 330 g/mol. The highest BCUT2D eigenvalue weighted by molar-refractivity contribution is 5.96. The molecule has 2 aliphatic rings. The highest BCUT2D eigenvalue weighted by Gasteiger charge is 2.40. The van der Waals surface area contributed by atoms with Crippen molar-refractivity contribution in [2.24, 2.45) is 5.41 Å².